The third kappa shape index (κ3) is 3.50. The van der Waals surface area contributed by atoms with E-state index < -0.39 is 10.0 Å². The maximum Gasteiger partial charge on any atom is 0.262 e. The molecule has 0 aromatic heterocycles. The largest absolute Gasteiger partial charge is 0.377 e. The van der Waals surface area contributed by atoms with E-state index in [0.29, 0.717) is 11.1 Å². The van der Waals surface area contributed by atoms with Crippen LogP contribution in [0.4, 0.5) is 11.4 Å². The van der Waals surface area contributed by atoms with Crippen LogP contribution in [-0.2, 0) is 10.0 Å². The molecule has 4 nitrogen and oxygen atoms in total. The minimum absolute atomic E-state index is 0.272. The van der Waals surface area contributed by atoms with Crippen molar-refractivity contribution in [2.45, 2.75) is 11.8 Å². The topological polar surface area (TPSA) is 49.4 Å². The molecule has 0 aliphatic heterocycles. The Kier molecular flexibility index (Phi) is 4.75. The van der Waals surface area contributed by atoms with Crippen LogP contribution in [0.5, 0.6) is 0 Å². The Labute approximate surface area is 156 Å². The zero-order valence-corrected chi connectivity index (χ0v) is 16.6. The molecule has 25 heavy (non-hydrogen) atoms. The van der Waals surface area contributed by atoms with E-state index in [1.54, 1.807) is 24.3 Å². The number of halogens is 1. The Morgan fingerprint density at radius 2 is 1.64 bits per heavy atom. The number of sulfonamides is 1. The summed E-state index contributed by atoms with van der Waals surface area (Å²) < 4.78 is 29.5. The van der Waals surface area contributed by atoms with E-state index in [1.165, 1.54) is 0 Å². The minimum Gasteiger partial charge on any atom is -0.377 e. The predicted molar refractivity (Wildman–Crippen MR) is 108 cm³/mol. The maximum atomic E-state index is 13.0. The molecule has 0 unspecified atom stereocenters. The van der Waals surface area contributed by atoms with Crippen LogP contribution in [-0.4, -0.2) is 22.5 Å². The first-order valence-electron chi connectivity index (χ1n) is 7.77. The lowest BCUT2D eigenvalue weighted by molar-refractivity contribution is 0.602. The molecule has 1 N–H and O–H groups in total. The Morgan fingerprint density at radius 3 is 2.32 bits per heavy atom. The molecule has 3 aromatic carbocycles. The number of fused-ring (bicyclic) bond motifs is 1. The average molecular weight is 419 g/mol. The summed E-state index contributed by atoms with van der Waals surface area (Å²) in [5.74, 6) is 0. The lowest BCUT2D eigenvalue weighted by Crippen LogP contribution is -2.14. The van der Waals surface area contributed by atoms with Gasteiger partial charge in [0, 0.05) is 40.7 Å². The molecule has 0 saturated heterocycles. The van der Waals surface area contributed by atoms with Crippen LogP contribution >= 0.6 is 15.9 Å². The van der Waals surface area contributed by atoms with Gasteiger partial charge in [-0.05, 0) is 42.8 Å². The monoisotopic (exact) mass is 418 g/mol. The van der Waals surface area contributed by atoms with Gasteiger partial charge in [0.05, 0.1) is 4.90 Å². The van der Waals surface area contributed by atoms with E-state index in [-0.39, 0.29) is 4.90 Å². The van der Waals surface area contributed by atoms with Gasteiger partial charge in [-0.15, -0.1) is 0 Å². The number of aryl methyl sites for hydroxylation is 1. The summed E-state index contributed by atoms with van der Waals surface area (Å²) >= 11 is 3.43. The fourth-order valence-corrected chi connectivity index (χ4v) is 4.33. The molecular weight excluding hydrogens is 400 g/mol. The third-order valence-corrected chi connectivity index (χ3v) is 6.37. The molecule has 3 rings (SSSR count). The molecule has 0 heterocycles. The number of anilines is 2. The fourth-order valence-electron chi connectivity index (χ4n) is 2.81. The van der Waals surface area contributed by atoms with E-state index in [2.05, 4.69) is 20.7 Å². The number of nitrogens with zero attached hydrogens (tertiary/aromatic N) is 1. The summed E-state index contributed by atoms with van der Waals surface area (Å²) in [6.45, 7) is 1.92. The van der Waals surface area contributed by atoms with Gasteiger partial charge in [0.25, 0.3) is 10.0 Å². The van der Waals surface area contributed by atoms with E-state index in [0.717, 1.165) is 21.1 Å². The molecule has 0 fully saturated rings. The van der Waals surface area contributed by atoms with Crippen LogP contribution in [0.2, 0.25) is 0 Å². The quantitative estimate of drug-likeness (QED) is 0.663. The second-order valence-corrected chi connectivity index (χ2v) is 8.60. The number of nitrogens with one attached hydrogen (secondary N) is 1. The molecule has 0 radical (unpaired) electrons. The molecule has 3 aromatic rings. The second-order valence-electron chi connectivity index (χ2n) is 6.09. The zero-order chi connectivity index (χ0) is 18.2. The van der Waals surface area contributed by atoms with Crippen molar-refractivity contribution in [3.8, 4) is 0 Å². The Balaban J connectivity index is 2.11. The van der Waals surface area contributed by atoms with Crippen molar-refractivity contribution in [2.75, 3.05) is 23.7 Å². The van der Waals surface area contributed by atoms with Crippen molar-refractivity contribution in [3.05, 3.63) is 64.6 Å². The van der Waals surface area contributed by atoms with E-state index >= 15 is 0 Å². The van der Waals surface area contributed by atoms with Crippen LogP contribution in [0.3, 0.4) is 0 Å². The summed E-state index contributed by atoms with van der Waals surface area (Å²) in [5.41, 5.74) is 2.49. The molecule has 0 bridgehead atoms. The van der Waals surface area contributed by atoms with Crippen LogP contribution in [0.15, 0.2) is 64.0 Å². The molecular formula is C19H19BrN2O2S. The molecule has 130 valence electrons. The van der Waals surface area contributed by atoms with E-state index in [9.17, 15) is 8.42 Å². The molecule has 0 saturated carbocycles. The first-order valence-corrected chi connectivity index (χ1v) is 10.1. The SMILES string of the molecule is Cc1cc(NS(=O)(=O)c2cccc3c(N(C)C)cccc23)ccc1Br. The van der Waals surface area contributed by atoms with Gasteiger partial charge < -0.3 is 4.90 Å². The maximum absolute atomic E-state index is 13.0. The van der Waals surface area contributed by atoms with Gasteiger partial charge in [0.1, 0.15) is 0 Å². The van der Waals surface area contributed by atoms with Crippen LogP contribution in [0.1, 0.15) is 5.56 Å². The van der Waals surface area contributed by atoms with Crippen LogP contribution < -0.4 is 9.62 Å². The van der Waals surface area contributed by atoms with E-state index in [1.807, 2.05) is 56.3 Å². The first-order chi connectivity index (χ1) is 11.8. The molecule has 0 aliphatic carbocycles. The molecule has 0 aliphatic rings. The van der Waals surface area contributed by atoms with Crippen molar-refractivity contribution >= 4 is 48.1 Å². The standard InChI is InChI=1S/C19H19BrN2O2S/c1-13-12-14(10-11-17(13)20)21-25(23,24)19-9-5-6-15-16(19)7-4-8-18(15)22(2)3/h4-12,21H,1-3H3. The molecule has 0 spiro atoms. The fraction of sp³-hybridized carbons (Fsp3) is 0.158. The van der Waals surface area contributed by atoms with Gasteiger partial charge in [-0.1, -0.05) is 40.2 Å². The van der Waals surface area contributed by atoms with Crippen LogP contribution in [0.25, 0.3) is 10.8 Å². The van der Waals surface area contributed by atoms with Gasteiger partial charge in [-0.25, -0.2) is 8.42 Å². The van der Waals surface area contributed by atoms with Gasteiger partial charge >= 0.3 is 0 Å². The summed E-state index contributed by atoms with van der Waals surface area (Å²) in [6.07, 6.45) is 0. The Bertz CT molecular complexity index is 1050. The summed E-state index contributed by atoms with van der Waals surface area (Å²) in [6, 6.07) is 16.4. The number of hydrogen-bond donors (Lipinski definition) is 1. The third-order valence-electron chi connectivity index (χ3n) is 4.04. The highest BCUT2D eigenvalue weighted by Crippen LogP contribution is 2.31. The summed E-state index contributed by atoms with van der Waals surface area (Å²) in [4.78, 5) is 2.25. The lowest BCUT2D eigenvalue weighted by atomic mass is 10.1. The Hall–Kier alpha value is -2.05. The van der Waals surface area contributed by atoms with Crippen molar-refractivity contribution in [3.63, 3.8) is 0 Å². The van der Waals surface area contributed by atoms with Crippen molar-refractivity contribution in [1.29, 1.82) is 0 Å². The van der Waals surface area contributed by atoms with Crippen molar-refractivity contribution < 1.29 is 8.42 Å². The lowest BCUT2D eigenvalue weighted by Gasteiger charge is -2.17. The van der Waals surface area contributed by atoms with Crippen LogP contribution in [0, 0.1) is 6.92 Å². The minimum atomic E-state index is -3.70. The average Bonchev–Trinajstić information content (AvgIpc) is 2.56. The smallest absolute Gasteiger partial charge is 0.262 e. The number of hydrogen-bond acceptors (Lipinski definition) is 3. The first kappa shape index (κ1) is 17.8. The highest BCUT2D eigenvalue weighted by atomic mass is 79.9. The molecule has 6 heteroatoms. The summed E-state index contributed by atoms with van der Waals surface area (Å²) in [7, 11) is 0.191. The van der Waals surface area contributed by atoms with E-state index in [4.69, 9.17) is 0 Å². The number of benzene rings is 3. The highest BCUT2D eigenvalue weighted by Gasteiger charge is 2.19. The van der Waals surface area contributed by atoms with Gasteiger partial charge in [-0.2, -0.15) is 0 Å². The number of rotatable bonds is 4. The molecule has 0 amide bonds. The molecule has 0 atom stereocenters. The zero-order valence-electron chi connectivity index (χ0n) is 14.2. The highest BCUT2D eigenvalue weighted by molar-refractivity contribution is 9.10. The van der Waals surface area contributed by atoms with Gasteiger partial charge in [0.15, 0.2) is 0 Å². The van der Waals surface area contributed by atoms with Gasteiger partial charge in [0.2, 0.25) is 0 Å². The van der Waals surface area contributed by atoms with Crippen molar-refractivity contribution in [2.24, 2.45) is 0 Å². The van der Waals surface area contributed by atoms with Gasteiger partial charge in [-0.3, -0.25) is 4.72 Å². The second kappa shape index (κ2) is 6.69. The Morgan fingerprint density at radius 1 is 0.960 bits per heavy atom. The summed E-state index contributed by atoms with van der Waals surface area (Å²) in [5, 5.41) is 1.61. The normalized spacial score (nSPS) is 11.5. The van der Waals surface area contributed by atoms with Crippen molar-refractivity contribution in [1.82, 2.24) is 0 Å². The predicted octanol–water partition coefficient (Wildman–Crippen LogP) is 4.78.